The Hall–Kier alpha value is -3.48. The molecule has 4 aromatic heterocycles. The minimum atomic E-state index is -0.0390. The lowest BCUT2D eigenvalue weighted by Gasteiger charge is -2.14. The lowest BCUT2D eigenvalue weighted by Crippen LogP contribution is -2.11. The summed E-state index contributed by atoms with van der Waals surface area (Å²) in [5, 5.41) is 7.27. The second-order valence-electron chi connectivity index (χ2n) is 6.30. The van der Waals surface area contributed by atoms with E-state index < -0.39 is 0 Å². The third kappa shape index (κ3) is 3.44. The fourth-order valence-electron chi connectivity index (χ4n) is 2.86. The van der Waals surface area contributed by atoms with Gasteiger partial charge in [0.2, 0.25) is 5.95 Å². The molecule has 7 heteroatoms. The largest absolute Gasteiger partial charge is 0.469 e. The molecule has 0 bridgehead atoms. The number of nitrogens with zero attached hydrogens (tertiary/aromatic N) is 4. The Morgan fingerprint density at radius 2 is 1.96 bits per heavy atom. The lowest BCUT2D eigenvalue weighted by atomic mass is 10.1. The molecular weight excluding hydrogens is 342 g/mol. The van der Waals surface area contributed by atoms with Crippen molar-refractivity contribution in [3.63, 3.8) is 0 Å². The first-order valence-electron chi connectivity index (χ1n) is 8.64. The van der Waals surface area contributed by atoms with Crippen molar-refractivity contribution in [1.29, 1.82) is 0 Å². The fourth-order valence-corrected chi connectivity index (χ4v) is 2.86. The molecule has 0 radical (unpaired) electrons. The number of rotatable bonds is 5. The van der Waals surface area contributed by atoms with Gasteiger partial charge in [0.05, 0.1) is 35.0 Å². The molecule has 0 aliphatic rings. The van der Waals surface area contributed by atoms with Gasteiger partial charge >= 0.3 is 0 Å². The molecule has 0 amide bonds. The molecule has 0 saturated carbocycles. The Labute approximate surface area is 156 Å². The van der Waals surface area contributed by atoms with Crippen molar-refractivity contribution in [2.24, 2.45) is 0 Å². The van der Waals surface area contributed by atoms with E-state index in [4.69, 9.17) is 13.9 Å². The van der Waals surface area contributed by atoms with E-state index >= 15 is 0 Å². The molecule has 0 saturated heterocycles. The van der Waals surface area contributed by atoms with Crippen LogP contribution in [0.5, 0.6) is 0 Å². The van der Waals surface area contributed by atoms with Crippen molar-refractivity contribution < 1.29 is 8.94 Å². The van der Waals surface area contributed by atoms with Crippen LogP contribution in [0, 0.1) is 13.8 Å². The second kappa shape index (κ2) is 7.03. The predicted molar refractivity (Wildman–Crippen MR) is 101 cm³/mol. The van der Waals surface area contributed by atoms with Gasteiger partial charge < -0.3 is 14.3 Å². The van der Waals surface area contributed by atoms with Gasteiger partial charge in [-0.2, -0.15) is 0 Å². The molecule has 0 aliphatic heterocycles. The molecule has 0 aromatic carbocycles. The lowest BCUT2D eigenvalue weighted by molar-refractivity contribution is 0.427. The van der Waals surface area contributed by atoms with Crippen molar-refractivity contribution in [2.75, 3.05) is 5.32 Å². The Bertz CT molecular complexity index is 1060. The third-order valence-corrected chi connectivity index (χ3v) is 4.27. The molecule has 4 aromatic rings. The monoisotopic (exact) mass is 361 g/mol. The highest BCUT2D eigenvalue weighted by molar-refractivity contribution is 5.79. The minimum Gasteiger partial charge on any atom is -0.469 e. The van der Waals surface area contributed by atoms with Gasteiger partial charge in [0.15, 0.2) is 5.76 Å². The van der Waals surface area contributed by atoms with E-state index in [0.29, 0.717) is 11.7 Å². The van der Waals surface area contributed by atoms with Crippen LogP contribution in [-0.2, 0) is 0 Å². The number of aromatic nitrogens is 4. The molecule has 0 unspecified atom stereocenters. The molecule has 4 heterocycles. The molecule has 0 fully saturated rings. The van der Waals surface area contributed by atoms with E-state index in [1.54, 1.807) is 18.7 Å². The van der Waals surface area contributed by atoms with Crippen LogP contribution in [0.3, 0.4) is 0 Å². The summed E-state index contributed by atoms with van der Waals surface area (Å²) < 4.78 is 10.9. The molecule has 0 spiro atoms. The summed E-state index contributed by atoms with van der Waals surface area (Å²) in [7, 11) is 0. The third-order valence-electron chi connectivity index (χ3n) is 4.27. The van der Waals surface area contributed by atoms with Crippen molar-refractivity contribution in [3.8, 4) is 22.6 Å². The average molecular weight is 361 g/mol. The molecule has 136 valence electrons. The van der Waals surface area contributed by atoms with Gasteiger partial charge in [-0.1, -0.05) is 11.2 Å². The van der Waals surface area contributed by atoms with Gasteiger partial charge in [-0.3, -0.25) is 4.98 Å². The van der Waals surface area contributed by atoms with Crippen LogP contribution in [0.4, 0.5) is 5.95 Å². The highest BCUT2D eigenvalue weighted by atomic mass is 16.5. The topological polar surface area (TPSA) is 89.9 Å². The smallest absolute Gasteiger partial charge is 0.223 e. The number of anilines is 1. The SMILES string of the molecule is Cc1cc(-c2cnc(N[C@H](C)c3ccccn3)nc2-c2ccoc2C)on1. The zero-order valence-corrected chi connectivity index (χ0v) is 15.3. The van der Waals surface area contributed by atoms with Crippen LogP contribution in [0.2, 0.25) is 0 Å². The van der Waals surface area contributed by atoms with Crippen LogP contribution in [0.1, 0.15) is 30.1 Å². The maximum atomic E-state index is 5.47. The predicted octanol–water partition coefficient (Wildman–Crippen LogP) is 4.58. The van der Waals surface area contributed by atoms with Gasteiger partial charge in [0, 0.05) is 24.0 Å². The summed E-state index contributed by atoms with van der Waals surface area (Å²) in [6, 6.07) is 9.52. The van der Waals surface area contributed by atoms with Gasteiger partial charge in [-0.05, 0) is 39.0 Å². The van der Waals surface area contributed by atoms with E-state index in [9.17, 15) is 0 Å². The molecule has 1 N–H and O–H groups in total. The standard InChI is InChI=1S/C20H19N5O2/c1-12-10-18(27-25-12)16-11-22-20(23-13(2)17-6-4-5-8-21-17)24-19(16)15-7-9-26-14(15)3/h4-11,13H,1-3H3,(H,22,23,24)/t13-/m1/s1. The average Bonchev–Trinajstić information content (AvgIpc) is 3.30. The Morgan fingerprint density at radius 3 is 2.63 bits per heavy atom. The number of aryl methyl sites for hydroxylation is 2. The molecular formula is C20H19N5O2. The van der Waals surface area contributed by atoms with Gasteiger partial charge in [0.25, 0.3) is 0 Å². The molecule has 4 rings (SSSR count). The molecule has 0 aliphatic carbocycles. The number of furan rings is 1. The maximum Gasteiger partial charge on any atom is 0.223 e. The van der Waals surface area contributed by atoms with Crippen LogP contribution in [0.15, 0.2) is 57.9 Å². The van der Waals surface area contributed by atoms with E-state index in [0.717, 1.165) is 34.0 Å². The van der Waals surface area contributed by atoms with Crippen molar-refractivity contribution in [3.05, 3.63) is 66.1 Å². The van der Waals surface area contributed by atoms with Crippen molar-refractivity contribution in [2.45, 2.75) is 26.8 Å². The normalized spacial score (nSPS) is 12.1. The summed E-state index contributed by atoms with van der Waals surface area (Å²) in [5.41, 5.74) is 4.08. The highest BCUT2D eigenvalue weighted by Gasteiger charge is 2.19. The first kappa shape index (κ1) is 17.0. The van der Waals surface area contributed by atoms with Gasteiger partial charge in [-0.25, -0.2) is 9.97 Å². The van der Waals surface area contributed by atoms with Crippen molar-refractivity contribution >= 4 is 5.95 Å². The summed E-state index contributed by atoms with van der Waals surface area (Å²) in [6.45, 7) is 5.79. The van der Waals surface area contributed by atoms with E-state index in [-0.39, 0.29) is 6.04 Å². The Morgan fingerprint density at radius 1 is 1.07 bits per heavy atom. The number of hydrogen-bond acceptors (Lipinski definition) is 7. The molecule has 1 atom stereocenters. The van der Waals surface area contributed by atoms with Crippen molar-refractivity contribution in [1.82, 2.24) is 20.1 Å². The first-order chi connectivity index (χ1) is 13.1. The van der Waals surface area contributed by atoms with Crippen LogP contribution < -0.4 is 5.32 Å². The van der Waals surface area contributed by atoms with E-state index in [1.807, 2.05) is 51.1 Å². The summed E-state index contributed by atoms with van der Waals surface area (Å²) in [6.07, 6.45) is 5.15. The Balaban J connectivity index is 1.74. The zero-order chi connectivity index (χ0) is 18.8. The van der Waals surface area contributed by atoms with E-state index in [2.05, 4.69) is 20.4 Å². The minimum absolute atomic E-state index is 0.0390. The van der Waals surface area contributed by atoms with Gasteiger partial charge in [-0.15, -0.1) is 0 Å². The summed E-state index contributed by atoms with van der Waals surface area (Å²) in [5.74, 6) is 1.89. The number of nitrogens with one attached hydrogen (secondary N) is 1. The molecule has 7 nitrogen and oxygen atoms in total. The van der Waals surface area contributed by atoms with Crippen LogP contribution >= 0.6 is 0 Å². The Kier molecular flexibility index (Phi) is 4.42. The summed E-state index contributed by atoms with van der Waals surface area (Å²) >= 11 is 0. The fraction of sp³-hybridized carbons (Fsp3) is 0.200. The maximum absolute atomic E-state index is 5.47. The molecule has 27 heavy (non-hydrogen) atoms. The first-order valence-corrected chi connectivity index (χ1v) is 8.64. The quantitative estimate of drug-likeness (QED) is 0.556. The second-order valence-corrected chi connectivity index (χ2v) is 6.30. The highest BCUT2D eigenvalue weighted by Crippen LogP contribution is 2.33. The van der Waals surface area contributed by atoms with Crippen LogP contribution in [0.25, 0.3) is 22.6 Å². The van der Waals surface area contributed by atoms with Crippen LogP contribution in [-0.4, -0.2) is 20.1 Å². The van der Waals surface area contributed by atoms with E-state index in [1.165, 1.54) is 0 Å². The van der Waals surface area contributed by atoms with Gasteiger partial charge in [0.1, 0.15) is 5.76 Å². The summed E-state index contributed by atoms with van der Waals surface area (Å²) in [4.78, 5) is 13.6. The number of hydrogen-bond donors (Lipinski definition) is 1. The number of pyridine rings is 1. The zero-order valence-electron chi connectivity index (χ0n) is 15.3.